The third kappa shape index (κ3) is 1.96. The van der Waals surface area contributed by atoms with Gasteiger partial charge in [-0.1, -0.05) is 17.7 Å². The number of aromatic nitrogens is 2. The maximum absolute atomic E-state index is 14.0. The fraction of sp³-hybridized carbons (Fsp3) is 0. The van der Waals surface area contributed by atoms with E-state index in [1.165, 1.54) is 28.8 Å². The van der Waals surface area contributed by atoms with Crippen LogP contribution in [0.1, 0.15) is 0 Å². The van der Waals surface area contributed by atoms with Gasteiger partial charge in [-0.2, -0.15) is 0 Å². The normalized spacial score (nSPS) is 11.2. The largest absolute Gasteiger partial charge is 0.369 e. The zero-order valence-electron chi connectivity index (χ0n) is 9.87. The number of nitrogen functional groups attached to an aromatic ring is 1. The fourth-order valence-electron chi connectivity index (χ4n) is 2.03. The molecule has 7 heteroatoms. The Hall–Kier alpha value is -1.66. The smallest absolute Gasteiger partial charge is 0.206 e. The minimum absolute atomic E-state index is 0.0319. The Morgan fingerprint density at radius 1 is 1.20 bits per heavy atom. The van der Waals surface area contributed by atoms with Crippen LogP contribution in [0.5, 0.6) is 0 Å². The first kappa shape index (κ1) is 13.3. The van der Waals surface area contributed by atoms with Crippen molar-refractivity contribution in [2.45, 2.75) is 0 Å². The van der Waals surface area contributed by atoms with Crippen LogP contribution in [0.4, 0.5) is 14.7 Å². The SMILES string of the molecule is Nc1nc2cc(F)c(Br)cc2n1-c1c(F)cccc1Cl. The molecule has 1 heterocycles. The molecule has 3 nitrogen and oxygen atoms in total. The average molecular weight is 359 g/mol. The predicted octanol–water partition coefficient (Wildman–Crippen LogP) is 4.30. The van der Waals surface area contributed by atoms with Crippen molar-refractivity contribution in [3.8, 4) is 5.69 Å². The molecule has 20 heavy (non-hydrogen) atoms. The molecule has 0 aliphatic carbocycles. The Morgan fingerprint density at radius 3 is 2.65 bits per heavy atom. The van der Waals surface area contributed by atoms with Gasteiger partial charge in [0.1, 0.15) is 17.3 Å². The number of fused-ring (bicyclic) bond motifs is 1. The van der Waals surface area contributed by atoms with Gasteiger partial charge in [0.05, 0.1) is 20.5 Å². The number of halogens is 4. The van der Waals surface area contributed by atoms with E-state index in [-0.39, 0.29) is 21.1 Å². The topological polar surface area (TPSA) is 43.8 Å². The molecule has 3 aromatic rings. The summed E-state index contributed by atoms with van der Waals surface area (Å²) in [4.78, 5) is 4.03. The molecule has 1 aromatic heterocycles. The van der Waals surface area contributed by atoms with Gasteiger partial charge in [0.15, 0.2) is 0 Å². The molecule has 0 bridgehead atoms. The van der Waals surface area contributed by atoms with Crippen molar-refractivity contribution >= 4 is 44.5 Å². The molecule has 2 aromatic carbocycles. The van der Waals surface area contributed by atoms with Crippen molar-refractivity contribution in [2.24, 2.45) is 0 Å². The molecule has 0 aliphatic heterocycles. The molecule has 0 aliphatic rings. The van der Waals surface area contributed by atoms with E-state index in [0.717, 1.165) is 0 Å². The van der Waals surface area contributed by atoms with E-state index in [1.54, 1.807) is 6.07 Å². The van der Waals surface area contributed by atoms with Crippen molar-refractivity contribution in [3.05, 3.63) is 51.5 Å². The molecular formula is C13H7BrClF2N3. The van der Waals surface area contributed by atoms with Crippen molar-refractivity contribution in [3.63, 3.8) is 0 Å². The van der Waals surface area contributed by atoms with Gasteiger partial charge >= 0.3 is 0 Å². The van der Waals surface area contributed by atoms with Crippen LogP contribution in [-0.4, -0.2) is 9.55 Å². The monoisotopic (exact) mass is 357 g/mol. The summed E-state index contributed by atoms with van der Waals surface area (Å²) in [7, 11) is 0. The highest BCUT2D eigenvalue weighted by molar-refractivity contribution is 9.10. The number of rotatable bonds is 1. The first-order valence-electron chi connectivity index (χ1n) is 5.56. The molecule has 0 saturated heterocycles. The van der Waals surface area contributed by atoms with Gasteiger partial charge in [0, 0.05) is 6.07 Å². The molecule has 102 valence electrons. The Balaban J connectivity index is 2.42. The van der Waals surface area contributed by atoms with E-state index >= 15 is 0 Å². The Kier molecular flexibility index (Phi) is 3.14. The number of hydrogen-bond donors (Lipinski definition) is 1. The summed E-state index contributed by atoms with van der Waals surface area (Å²) in [6, 6.07) is 7.01. The van der Waals surface area contributed by atoms with Crippen LogP contribution in [0.25, 0.3) is 16.7 Å². The number of nitrogens with two attached hydrogens (primary N) is 1. The van der Waals surface area contributed by atoms with E-state index in [9.17, 15) is 8.78 Å². The number of para-hydroxylation sites is 1. The Labute approximate surface area is 126 Å². The number of imidazole rings is 1. The molecule has 0 unspecified atom stereocenters. The summed E-state index contributed by atoms with van der Waals surface area (Å²) >= 11 is 9.12. The van der Waals surface area contributed by atoms with Crippen LogP contribution in [0, 0.1) is 11.6 Å². The van der Waals surface area contributed by atoms with Crippen LogP contribution < -0.4 is 5.73 Å². The van der Waals surface area contributed by atoms with E-state index in [4.69, 9.17) is 17.3 Å². The van der Waals surface area contributed by atoms with E-state index < -0.39 is 11.6 Å². The summed E-state index contributed by atoms with van der Waals surface area (Å²) in [6.45, 7) is 0. The van der Waals surface area contributed by atoms with Gasteiger partial charge in [-0.25, -0.2) is 13.8 Å². The number of hydrogen-bond acceptors (Lipinski definition) is 2. The first-order chi connectivity index (χ1) is 9.49. The Morgan fingerprint density at radius 2 is 1.95 bits per heavy atom. The second-order valence-electron chi connectivity index (χ2n) is 4.13. The molecule has 0 radical (unpaired) electrons. The molecule has 0 spiro atoms. The zero-order chi connectivity index (χ0) is 14.4. The van der Waals surface area contributed by atoms with Crippen LogP contribution in [0.15, 0.2) is 34.8 Å². The van der Waals surface area contributed by atoms with Crippen LogP contribution in [0.2, 0.25) is 5.02 Å². The molecule has 3 rings (SSSR count). The fourth-order valence-corrected chi connectivity index (χ4v) is 2.61. The average Bonchev–Trinajstić information content (AvgIpc) is 2.67. The van der Waals surface area contributed by atoms with Crippen molar-refractivity contribution in [1.82, 2.24) is 9.55 Å². The minimum Gasteiger partial charge on any atom is -0.369 e. The van der Waals surface area contributed by atoms with E-state index in [1.807, 2.05) is 0 Å². The maximum atomic E-state index is 14.0. The third-order valence-corrected chi connectivity index (χ3v) is 3.80. The highest BCUT2D eigenvalue weighted by atomic mass is 79.9. The molecule has 0 amide bonds. The first-order valence-corrected chi connectivity index (χ1v) is 6.73. The van der Waals surface area contributed by atoms with Crippen LogP contribution in [0.3, 0.4) is 0 Å². The lowest BCUT2D eigenvalue weighted by molar-refractivity contribution is 0.619. The predicted molar refractivity (Wildman–Crippen MR) is 78.1 cm³/mol. The van der Waals surface area contributed by atoms with Gasteiger partial charge in [0.2, 0.25) is 5.95 Å². The van der Waals surface area contributed by atoms with Gasteiger partial charge in [-0.15, -0.1) is 0 Å². The lowest BCUT2D eigenvalue weighted by Gasteiger charge is -2.10. The Bertz CT molecular complexity index is 812. The third-order valence-electron chi connectivity index (χ3n) is 2.88. The summed E-state index contributed by atoms with van der Waals surface area (Å²) in [5, 5.41) is 0.191. The van der Waals surface area contributed by atoms with Crippen molar-refractivity contribution in [1.29, 1.82) is 0 Å². The number of anilines is 1. The zero-order valence-corrected chi connectivity index (χ0v) is 12.2. The summed E-state index contributed by atoms with van der Waals surface area (Å²) in [5.74, 6) is -0.977. The highest BCUT2D eigenvalue weighted by Gasteiger charge is 2.17. The second-order valence-corrected chi connectivity index (χ2v) is 5.39. The number of benzene rings is 2. The number of nitrogens with zero attached hydrogens (tertiary/aromatic N) is 2. The van der Waals surface area contributed by atoms with Gasteiger partial charge in [-0.3, -0.25) is 4.57 Å². The lowest BCUT2D eigenvalue weighted by atomic mass is 10.2. The molecule has 2 N–H and O–H groups in total. The van der Waals surface area contributed by atoms with E-state index in [0.29, 0.717) is 11.0 Å². The van der Waals surface area contributed by atoms with Crippen LogP contribution in [-0.2, 0) is 0 Å². The quantitative estimate of drug-likeness (QED) is 0.705. The van der Waals surface area contributed by atoms with Gasteiger partial charge in [-0.05, 0) is 34.1 Å². The van der Waals surface area contributed by atoms with Crippen molar-refractivity contribution < 1.29 is 8.78 Å². The molecule has 0 saturated carbocycles. The summed E-state index contributed by atoms with van der Waals surface area (Å²) in [6.07, 6.45) is 0. The molecular weight excluding hydrogens is 352 g/mol. The summed E-state index contributed by atoms with van der Waals surface area (Å²) < 4.78 is 29.1. The van der Waals surface area contributed by atoms with E-state index in [2.05, 4.69) is 20.9 Å². The minimum atomic E-state index is -0.538. The summed E-state index contributed by atoms with van der Waals surface area (Å²) in [5.41, 5.74) is 6.69. The van der Waals surface area contributed by atoms with Crippen LogP contribution >= 0.6 is 27.5 Å². The maximum Gasteiger partial charge on any atom is 0.206 e. The van der Waals surface area contributed by atoms with Gasteiger partial charge < -0.3 is 5.73 Å². The van der Waals surface area contributed by atoms with Crippen molar-refractivity contribution in [2.75, 3.05) is 5.73 Å². The molecule has 0 atom stereocenters. The standard InChI is InChI=1S/C13H7BrClF2N3/c14-6-4-11-10(5-9(6)17)19-13(18)20(11)12-7(15)2-1-3-8(12)16/h1-5H,(H2,18,19). The second kappa shape index (κ2) is 4.71. The highest BCUT2D eigenvalue weighted by Crippen LogP contribution is 2.32. The lowest BCUT2D eigenvalue weighted by Crippen LogP contribution is -2.03. The molecule has 0 fully saturated rings. The van der Waals surface area contributed by atoms with Gasteiger partial charge in [0.25, 0.3) is 0 Å².